The van der Waals surface area contributed by atoms with Crippen molar-refractivity contribution in [1.29, 1.82) is 0 Å². The molecule has 3 rings (SSSR count). The van der Waals surface area contributed by atoms with Crippen molar-refractivity contribution in [3.63, 3.8) is 0 Å². The predicted octanol–water partition coefficient (Wildman–Crippen LogP) is 1.80. The van der Waals surface area contributed by atoms with Gasteiger partial charge in [-0.2, -0.15) is 42.0 Å². The normalized spacial score (nSPS) is 25.1. The summed E-state index contributed by atoms with van der Waals surface area (Å²) in [5, 5.41) is 26.1. The molecule has 0 radical (unpaired) electrons. The molecule has 1 saturated heterocycles. The van der Waals surface area contributed by atoms with Crippen molar-refractivity contribution in [1.82, 2.24) is 10.6 Å². The molecule has 2 aromatic rings. The Kier molecular flexibility index (Phi) is 11.0. The first kappa shape index (κ1) is 22.1. The Bertz CT molecular complexity index is 499. The number of aryl methyl sites for hydroxylation is 1. The van der Waals surface area contributed by atoms with Gasteiger partial charge in [-0.3, -0.25) is 0 Å². The molecule has 2 aromatic carbocycles. The Morgan fingerprint density at radius 2 is 1.84 bits per heavy atom. The van der Waals surface area contributed by atoms with Crippen molar-refractivity contribution < 1.29 is 27.3 Å². The molecule has 0 amide bonds. The Morgan fingerprint density at radius 1 is 1.08 bits per heavy atom. The third kappa shape index (κ3) is 7.87. The van der Waals surface area contributed by atoms with Crippen LogP contribution in [0.25, 0.3) is 0 Å². The summed E-state index contributed by atoms with van der Waals surface area (Å²) in [7, 11) is 0. The molecule has 4 N–H and O–H groups in total. The molecule has 4 unspecified atom stereocenters. The van der Waals surface area contributed by atoms with Crippen LogP contribution in [-0.4, -0.2) is 47.6 Å². The number of hydrogen-bond donors (Lipinski definition) is 4. The van der Waals surface area contributed by atoms with Gasteiger partial charge in [-0.25, -0.2) is 18.2 Å². The van der Waals surface area contributed by atoms with Gasteiger partial charge >= 0.3 is 17.1 Å². The minimum absolute atomic E-state index is 0. The van der Waals surface area contributed by atoms with Gasteiger partial charge in [-0.05, 0) is 32.9 Å². The SMILES string of the molecule is CC1NC(CCNCCCc2cc[cH-]c2)C(O)C1O.[Fe+2].c1cc[cH-]c1. The number of aliphatic hydroxyl groups excluding tert-OH is 2. The molecule has 0 aliphatic carbocycles. The fourth-order valence-corrected chi connectivity index (χ4v) is 3.02. The summed E-state index contributed by atoms with van der Waals surface area (Å²) >= 11 is 0. The van der Waals surface area contributed by atoms with E-state index in [9.17, 15) is 10.2 Å². The smallest absolute Gasteiger partial charge is 0.389 e. The molecular weight excluding hydrogens is 356 g/mol. The van der Waals surface area contributed by atoms with Crippen molar-refractivity contribution in [2.75, 3.05) is 13.1 Å². The minimum Gasteiger partial charge on any atom is -0.389 e. The summed E-state index contributed by atoms with van der Waals surface area (Å²) in [5.74, 6) is 0. The maximum absolute atomic E-state index is 9.82. The topological polar surface area (TPSA) is 64.5 Å². The van der Waals surface area contributed by atoms with E-state index in [-0.39, 0.29) is 29.2 Å². The first-order valence-corrected chi connectivity index (χ1v) is 8.88. The third-order valence-electron chi connectivity index (χ3n) is 4.49. The maximum Gasteiger partial charge on any atom is 2.00 e. The number of nitrogens with one attached hydrogen (secondary N) is 2. The van der Waals surface area contributed by atoms with Crippen LogP contribution in [0.1, 0.15) is 25.3 Å². The molecule has 140 valence electrons. The fraction of sp³-hybridized carbons (Fsp3) is 0.500. The second-order valence-electron chi connectivity index (χ2n) is 6.44. The van der Waals surface area contributed by atoms with Gasteiger partial charge in [0.15, 0.2) is 0 Å². The molecule has 1 heterocycles. The summed E-state index contributed by atoms with van der Waals surface area (Å²) in [6, 6.07) is 18.4. The largest absolute Gasteiger partial charge is 2.00 e. The van der Waals surface area contributed by atoms with Crippen LogP contribution in [0.15, 0.2) is 54.6 Å². The first-order chi connectivity index (χ1) is 11.7. The Hall–Kier alpha value is -0.941. The maximum atomic E-state index is 9.82. The Morgan fingerprint density at radius 3 is 2.36 bits per heavy atom. The summed E-state index contributed by atoms with van der Waals surface area (Å²) in [6.45, 7) is 3.77. The predicted molar refractivity (Wildman–Crippen MR) is 98.3 cm³/mol. The molecule has 0 bridgehead atoms. The Balaban J connectivity index is 0.000000448. The molecule has 5 heteroatoms. The van der Waals surface area contributed by atoms with E-state index < -0.39 is 12.2 Å². The molecule has 1 fully saturated rings. The average Bonchev–Trinajstić information content (AvgIpc) is 3.33. The van der Waals surface area contributed by atoms with Crippen LogP contribution in [0.5, 0.6) is 0 Å². The molecule has 0 spiro atoms. The van der Waals surface area contributed by atoms with Crippen molar-refractivity contribution in [3.05, 3.63) is 60.2 Å². The van der Waals surface area contributed by atoms with Crippen LogP contribution < -0.4 is 10.6 Å². The summed E-state index contributed by atoms with van der Waals surface area (Å²) < 4.78 is 0. The number of rotatable bonds is 7. The third-order valence-corrected chi connectivity index (χ3v) is 4.49. The average molecular weight is 386 g/mol. The van der Waals surface area contributed by atoms with Crippen LogP contribution in [0, 0.1) is 0 Å². The van der Waals surface area contributed by atoms with Crippen LogP contribution in [0.4, 0.5) is 0 Å². The molecule has 1 aliphatic heterocycles. The van der Waals surface area contributed by atoms with E-state index in [2.05, 4.69) is 34.9 Å². The van der Waals surface area contributed by atoms with Crippen molar-refractivity contribution in [3.8, 4) is 0 Å². The second-order valence-corrected chi connectivity index (χ2v) is 6.44. The van der Waals surface area contributed by atoms with Gasteiger partial charge in [0.1, 0.15) is 0 Å². The molecule has 0 saturated carbocycles. The molecule has 4 atom stereocenters. The Labute approximate surface area is 161 Å². The van der Waals surface area contributed by atoms with Crippen LogP contribution in [-0.2, 0) is 23.5 Å². The molecule has 1 aliphatic rings. The number of hydrogen-bond acceptors (Lipinski definition) is 4. The monoisotopic (exact) mass is 386 g/mol. The van der Waals surface area contributed by atoms with Gasteiger partial charge in [0.25, 0.3) is 0 Å². The van der Waals surface area contributed by atoms with Gasteiger partial charge in [0, 0.05) is 12.1 Å². The van der Waals surface area contributed by atoms with E-state index in [0.717, 1.165) is 32.4 Å². The number of aliphatic hydroxyl groups is 2. The quantitative estimate of drug-likeness (QED) is 0.333. The zero-order chi connectivity index (χ0) is 17.2. The fourth-order valence-electron chi connectivity index (χ4n) is 3.02. The molecular formula is C20H30FeN2O2. The van der Waals surface area contributed by atoms with Crippen molar-refractivity contribution >= 4 is 0 Å². The zero-order valence-electron chi connectivity index (χ0n) is 14.8. The van der Waals surface area contributed by atoms with Gasteiger partial charge in [-0.1, -0.05) is 6.42 Å². The van der Waals surface area contributed by atoms with E-state index in [0.29, 0.717) is 0 Å². The van der Waals surface area contributed by atoms with Crippen LogP contribution in [0.3, 0.4) is 0 Å². The first-order valence-electron chi connectivity index (χ1n) is 8.88. The summed E-state index contributed by atoms with van der Waals surface area (Å²) in [6.07, 6.45) is 1.81. The molecule has 4 nitrogen and oxygen atoms in total. The van der Waals surface area contributed by atoms with Crippen molar-refractivity contribution in [2.45, 2.75) is 50.5 Å². The van der Waals surface area contributed by atoms with E-state index >= 15 is 0 Å². The van der Waals surface area contributed by atoms with E-state index in [4.69, 9.17) is 0 Å². The van der Waals surface area contributed by atoms with E-state index in [1.165, 1.54) is 5.56 Å². The summed E-state index contributed by atoms with van der Waals surface area (Å²) in [5.41, 5.74) is 1.40. The van der Waals surface area contributed by atoms with Crippen LogP contribution >= 0.6 is 0 Å². The van der Waals surface area contributed by atoms with Gasteiger partial charge in [-0.15, -0.1) is 0 Å². The molecule has 0 aromatic heterocycles. The van der Waals surface area contributed by atoms with Crippen molar-refractivity contribution in [2.24, 2.45) is 0 Å². The minimum atomic E-state index is -0.638. The van der Waals surface area contributed by atoms with E-state index in [1.807, 2.05) is 37.3 Å². The van der Waals surface area contributed by atoms with Gasteiger partial charge in [0.2, 0.25) is 0 Å². The standard InChI is InChI=1S/C15H25N2O2.C5H5.Fe/c1-11-14(18)15(19)13(17-11)8-10-16-9-4-7-12-5-2-3-6-12;1-2-4-5-3-1;/h2-3,5-6,11,13-19H,4,7-10H2,1H3;1-5H;/q2*-1;+2. The van der Waals surface area contributed by atoms with Gasteiger partial charge < -0.3 is 20.8 Å². The summed E-state index contributed by atoms with van der Waals surface area (Å²) in [4.78, 5) is 0. The molecule has 25 heavy (non-hydrogen) atoms. The second kappa shape index (κ2) is 12.4. The van der Waals surface area contributed by atoms with Crippen LogP contribution in [0.2, 0.25) is 0 Å². The van der Waals surface area contributed by atoms with Gasteiger partial charge in [0.05, 0.1) is 12.2 Å². The van der Waals surface area contributed by atoms with E-state index in [1.54, 1.807) is 0 Å². The zero-order valence-corrected chi connectivity index (χ0v) is 15.9.